The van der Waals surface area contributed by atoms with Crippen molar-refractivity contribution in [3.05, 3.63) is 54.6 Å². The van der Waals surface area contributed by atoms with Crippen LogP contribution in [0, 0.1) is 0 Å². The third kappa shape index (κ3) is 2.38. The lowest BCUT2D eigenvalue weighted by Crippen LogP contribution is -2.17. The topological polar surface area (TPSA) is 50.1 Å². The Morgan fingerprint density at radius 3 is 2.55 bits per heavy atom. The molecule has 1 atom stereocenters. The van der Waals surface area contributed by atoms with Crippen LogP contribution in [0.4, 0.5) is 5.95 Å². The fourth-order valence-corrected chi connectivity index (χ4v) is 2.22. The first kappa shape index (κ1) is 12.7. The van der Waals surface area contributed by atoms with E-state index in [0.29, 0.717) is 6.54 Å². The van der Waals surface area contributed by atoms with E-state index in [1.807, 2.05) is 54.6 Å². The van der Waals surface area contributed by atoms with E-state index in [1.165, 1.54) is 0 Å². The molecule has 1 heterocycles. The van der Waals surface area contributed by atoms with Gasteiger partial charge in [0.05, 0.1) is 17.1 Å². The Bertz CT molecular complexity index is 704. The van der Waals surface area contributed by atoms with Gasteiger partial charge in [0, 0.05) is 12.2 Å². The van der Waals surface area contributed by atoms with Gasteiger partial charge in [0.15, 0.2) is 0 Å². The molecule has 3 aromatic rings. The lowest BCUT2D eigenvalue weighted by Gasteiger charge is -2.11. The van der Waals surface area contributed by atoms with Gasteiger partial charge in [-0.2, -0.15) is 0 Å². The van der Waals surface area contributed by atoms with Crippen LogP contribution in [0.3, 0.4) is 0 Å². The molecule has 0 aliphatic rings. The van der Waals surface area contributed by atoms with Crippen LogP contribution in [0.2, 0.25) is 0 Å². The average molecular weight is 267 g/mol. The van der Waals surface area contributed by atoms with Crippen molar-refractivity contribution >= 4 is 17.0 Å². The summed E-state index contributed by atoms with van der Waals surface area (Å²) in [7, 11) is 0. The molecule has 0 aliphatic carbocycles. The molecule has 0 bridgehead atoms. The highest BCUT2D eigenvalue weighted by Crippen LogP contribution is 2.24. The van der Waals surface area contributed by atoms with E-state index >= 15 is 0 Å². The molecule has 0 radical (unpaired) electrons. The first-order chi connectivity index (χ1) is 9.75. The minimum atomic E-state index is -0.418. The van der Waals surface area contributed by atoms with Gasteiger partial charge < -0.3 is 10.4 Å². The second-order valence-electron chi connectivity index (χ2n) is 4.83. The van der Waals surface area contributed by atoms with Crippen molar-refractivity contribution in [2.45, 2.75) is 13.0 Å². The third-order valence-corrected chi connectivity index (χ3v) is 3.13. The maximum Gasteiger partial charge on any atom is 0.208 e. The van der Waals surface area contributed by atoms with E-state index in [0.717, 1.165) is 22.7 Å². The molecule has 0 spiro atoms. The molecule has 1 unspecified atom stereocenters. The van der Waals surface area contributed by atoms with Gasteiger partial charge in [-0.1, -0.05) is 30.3 Å². The quantitative estimate of drug-likeness (QED) is 0.764. The van der Waals surface area contributed by atoms with Crippen LogP contribution in [0.1, 0.15) is 6.92 Å². The molecule has 0 saturated carbocycles. The maximum absolute atomic E-state index is 9.45. The van der Waals surface area contributed by atoms with Crippen LogP contribution >= 0.6 is 0 Å². The largest absolute Gasteiger partial charge is 0.392 e. The highest BCUT2D eigenvalue weighted by atomic mass is 16.3. The summed E-state index contributed by atoms with van der Waals surface area (Å²) in [6.45, 7) is 2.22. The van der Waals surface area contributed by atoms with E-state index in [4.69, 9.17) is 0 Å². The number of fused-ring (bicyclic) bond motifs is 1. The van der Waals surface area contributed by atoms with Gasteiger partial charge in [0.1, 0.15) is 0 Å². The summed E-state index contributed by atoms with van der Waals surface area (Å²) in [6, 6.07) is 18.1. The van der Waals surface area contributed by atoms with Crippen LogP contribution in [0.25, 0.3) is 16.7 Å². The summed E-state index contributed by atoms with van der Waals surface area (Å²) < 4.78 is 2.07. The van der Waals surface area contributed by atoms with E-state index in [9.17, 15) is 5.11 Å². The zero-order valence-corrected chi connectivity index (χ0v) is 11.3. The summed E-state index contributed by atoms with van der Waals surface area (Å²) in [5.74, 6) is 0.748. The monoisotopic (exact) mass is 267 g/mol. The number of benzene rings is 2. The molecule has 2 aromatic carbocycles. The van der Waals surface area contributed by atoms with E-state index in [2.05, 4.69) is 14.9 Å². The standard InChI is InChI=1S/C16H17N3O/c1-12(20)11-17-16-18-14-9-5-6-10-15(14)19(16)13-7-3-2-4-8-13/h2-10,12,20H,11H2,1H3,(H,17,18). The fraction of sp³-hybridized carbons (Fsp3) is 0.188. The normalized spacial score (nSPS) is 12.5. The van der Waals surface area contributed by atoms with E-state index in [1.54, 1.807) is 6.92 Å². The Balaban J connectivity index is 2.13. The minimum absolute atomic E-state index is 0.418. The molecule has 0 amide bonds. The van der Waals surface area contributed by atoms with Gasteiger partial charge in [-0.15, -0.1) is 0 Å². The van der Waals surface area contributed by atoms with Gasteiger partial charge in [0.25, 0.3) is 0 Å². The number of anilines is 1. The third-order valence-electron chi connectivity index (χ3n) is 3.13. The predicted molar refractivity (Wildman–Crippen MR) is 81.2 cm³/mol. The number of hydrogen-bond acceptors (Lipinski definition) is 3. The van der Waals surface area contributed by atoms with Gasteiger partial charge >= 0.3 is 0 Å². The molecule has 0 fully saturated rings. The summed E-state index contributed by atoms with van der Waals surface area (Å²) in [4.78, 5) is 4.60. The Kier molecular flexibility index (Phi) is 3.39. The van der Waals surface area contributed by atoms with Crippen molar-refractivity contribution in [1.29, 1.82) is 0 Å². The number of nitrogens with one attached hydrogen (secondary N) is 1. The Morgan fingerprint density at radius 1 is 1.10 bits per heavy atom. The summed E-state index contributed by atoms with van der Waals surface area (Å²) in [5, 5.41) is 12.7. The molecule has 1 aromatic heterocycles. The maximum atomic E-state index is 9.45. The van der Waals surface area contributed by atoms with Gasteiger partial charge in [-0.25, -0.2) is 4.98 Å². The number of aliphatic hydroxyl groups excluding tert-OH is 1. The Hall–Kier alpha value is -2.33. The summed E-state index contributed by atoms with van der Waals surface area (Å²) in [6.07, 6.45) is -0.418. The zero-order chi connectivity index (χ0) is 13.9. The van der Waals surface area contributed by atoms with Crippen molar-refractivity contribution in [2.75, 3.05) is 11.9 Å². The first-order valence-electron chi connectivity index (χ1n) is 6.70. The molecule has 4 heteroatoms. The fourth-order valence-electron chi connectivity index (χ4n) is 2.22. The molecule has 4 nitrogen and oxygen atoms in total. The molecule has 0 saturated heterocycles. The van der Waals surface area contributed by atoms with Crippen molar-refractivity contribution < 1.29 is 5.11 Å². The number of nitrogens with zero attached hydrogens (tertiary/aromatic N) is 2. The number of imidazole rings is 1. The molecule has 102 valence electrons. The highest BCUT2D eigenvalue weighted by Gasteiger charge is 2.11. The minimum Gasteiger partial charge on any atom is -0.392 e. The summed E-state index contributed by atoms with van der Waals surface area (Å²) in [5.41, 5.74) is 3.03. The van der Waals surface area contributed by atoms with Gasteiger partial charge in [-0.3, -0.25) is 4.57 Å². The second-order valence-corrected chi connectivity index (χ2v) is 4.83. The number of para-hydroxylation sites is 3. The molecule has 0 aliphatic heterocycles. The van der Waals surface area contributed by atoms with Crippen molar-refractivity contribution in [3.63, 3.8) is 0 Å². The molecule has 20 heavy (non-hydrogen) atoms. The molecule has 2 N–H and O–H groups in total. The zero-order valence-electron chi connectivity index (χ0n) is 11.3. The number of rotatable bonds is 4. The van der Waals surface area contributed by atoms with Crippen molar-refractivity contribution in [3.8, 4) is 5.69 Å². The smallest absolute Gasteiger partial charge is 0.208 e. The molecule has 3 rings (SSSR count). The second kappa shape index (κ2) is 5.35. The highest BCUT2D eigenvalue weighted by molar-refractivity contribution is 5.81. The predicted octanol–water partition coefficient (Wildman–Crippen LogP) is 2.82. The van der Waals surface area contributed by atoms with Crippen molar-refractivity contribution in [1.82, 2.24) is 9.55 Å². The van der Waals surface area contributed by atoms with Crippen LogP contribution < -0.4 is 5.32 Å². The van der Waals surface area contributed by atoms with Crippen LogP contribution in [-0.2, 0) is 0 Å². The lowest BCUT2D eigenvalue weighted by atomic mass is 10.3. The van der Waals surface area contributed by atoms with Crippen LogP contribution in [-0.4, -0.2) is 27.3 Å². The summed E-state index contributed by atoms with van der Waals surface area (Å²) >= 11 is 0. The lowest BCUT2D eigenvalue weighted by molar-refractivity contribution is 0.208. The molecular formula is C16H17N3O. The SMILES string of the molecule is CC(O)CNc1nc2ccccc2n1-c1ccccc1. The Labute approximate surface area is 117 Å². The van der Waals surface area contributed by atoms with E-state index < -0.39 is 6.10 Å². The van der Waals surface area contributed by atoms with Crippen molar-refractivity contribution in [2.24, 2.45) is 0 Å². The van der Waals surface area contributed by atoms with Crippen LogP contribution in [0.15, 0.2) is 54.6 Å². The molecular weight excluding hydrogens is 250 g/mol. The average Bonchev–Trinajstić information content (AvgIpc) is 2.84. The van der Waals surface area contributed by atoms with Crippen LogP contribution in [0.5, 0.6) is 0 Å². The van der Waals surface area contributed by atoms with E-state index in [-0.39, 0.29) is 0 Å². The van der Waals surface area contributed by atoms with Gasteiger partial charge in [-0.05, 0) is 31.2 Å². The number of aliphatic hydroxyl groups is 1. The first-order valence-corrected chi connectivity index (χ1v) is 6.70. The number of aromatic nitrogens is 2. The Morgan fingerprint density at radius 2 is 1.80 bits per heavy atom. The number of hydrogen-bond donors (Lipinski definition) is 2. The van der Waals surface area contributed by atoms with Gasteiger partial charge in [0.2, 0.25) is 5.95 Å².